The Morgan fingerprint density at radius 1 is 0.662 bits per heavy atom. The molecule has 12 N–H and O–H groups in total. The molecule has 24 heteroatoms. The van der Waals surface area contributed by atoms with E-state index in [1.54, 1.807) is 0 Å². The largest absolute Gasteiger partial charge is 0.508 e. The Labute approximate surface area is 391 Å². The van der Waals surface area contributed by atoms with E-state index >= 15 is 0 Å². The van der Waals surface area contributed by atoms with Crippen LogP contribution in [0.15, 0.2) is 24.3 Å². The van der Waals surface area contributed by atoms with Crippen molar-refractivity contribution in [1.82, 2.24) is 41.3 Å². The number of carbonyl (C=O) groups excluding carboxylic acids is 9. The number of carbonyl (C=O) groups is 11. The summed E-state index contributed by atoms with van der Waals surface area (Å²) in [5.41, 5.74) is 5.80. The molecule has 4 saturated heterocycles. The topological polar surface area (TPSA) is 361 Å². The van der Waals surface area contributed by atoms with Crippen molar-refractivity contribution < 1.29 is 73.4 Å². The summed E-state index contributed by atoms with van der Waals surface area (Å²) >= 11 is 0. The molecule has 1 aromatic carbocycles. The van der Waals surface area contributed by atoms with E-state index < -0.39 is 120 Å². The third-order valence-corrected chi connectivity index (χ3v) is 12.8. The zero-order chi connectivity index (χ0) is 49.7. The van der Waals surface area contributed by atoms with Crippen LogP contribution in [0.25, 0.3) is 0 Å². The van der Waals surface area contributed by atoms with Gasteiger partial charge in [-0.3, -0.25) is 47.9 Å². The summed E-state index contributed by atoms with van der Waals surface area (Å²) in [5.74, 6) is -8.61. The summed E-state index contributed by atoms with van der Waals surface area (Å²) in [6.45, 7) is 1.94. The Bertz CT molecular complexity index is 2080. The lowest BCUT2D eigenvalue weighted by Gasteiger charge is -2.30. The predicted molar refractivity (Wildman–Crippen MR) is 235 cm³/mol. The van der Waals surface area contributed by atoms with E-state index in [0.29, 0.717) is 31.2 Å². The third-order valence-electron chi connectivity index (χ3n) is 12.8. The summed E-state index contributed by atoms with van der Waals surface area (Å²) in [7, 11) is 0. The molecule has 24 nitrogen and oxygen atoms in total. The molecular formula is C44H63N10O14+. The van der Waals surface area contributed by atoms with Gasteiger partial charge in [0.1, 0.15) is 48.0 Å². The molecule has 9 amide bonds. The van der Waals surface area contributed by atoms with Gasteiger partial charge in [-0.2, -0.15) is 0 Å². The van der Waals surface area contributed by atoms with Crippen LogP contribution in [0.3, 0.4) is 0 Å². The monoisotopic (exact) mass is 955 g/mol. The summed E-state index contributed by atoms with van der Waals surface area (Å²) in [4.78, 5) is 147. The van der Waals surface area contributed by atoms with Crippen molar-refractivity contribution in [1.29, 1.82) is 0 Å². The van der Waals surface area contributed by atoms with Gasteiger partial charge in [0, 0.05) is 51.7 Å². The summed E-state index contributed by atoms with van der Waals surface area (Å²) in [6.07, 6.45) is 2.07. The Balaban J connectivity index is 1.21. The Kier molecular flexibility index (Phi) is 18.6. The molecule has 8 atom stereocenters. The van der Waals surface area contributed by atoms with Crippen LogP contribution in [0, 0.1) is 0 Å². The number of phenols is 1. The van der Waals surface area contributed by atoms with Crippen LogP contribution < -0.4 is 37.6 Å². The van der Waals surface area contributed by atoms with Gasteiger partial charge in [0.25, 0.3) is 5.91 Å². The van der Waals surface area contributed by atoms with Crippen LogP contribution in [0.4, 0.5) is 0 Å². The fourth-order valence-electron chi connectivity index (χ4n) is 9.09. The SMILES string of the molecule is C[C@H](NC(=O)[C@H](Cc1ccc(O)cc1)NC(=O)[C@@H]1CCCN1C(=O)CNC(=O)[C@@H]1CCCN1C(=O)[C@H](CCC(=O)O)NC(=O)[C@@H]1CCC[NH2+]1)C(=O)N[C@@H](CCC(N)=O)C(=O)N1CCC[C@H]1C(=O)O. The number of amides is 9. The number of aromatic hydroxyl groups is 1. The Hall–Kier alpha value is -6.85. The molecule has 1 aromatic rings. The number of quaternary nitrogens is 1. The van der Waals surface area contributed by atoms with Crippen LogP contribution >= 0.6 is 0 Å². The highest BCUT2D eigenvalue weighted by Crippen LogP contribution is 2.23. The number of rotatable bonds is 22. The molecule has 4 heterocycles. The van der Waals surface area contributed by atoms with E-state index in [0.717, 1.165) is 17.9 Å². The van der Waals surface area contributed by atoms with Crippen LogP contribution in [0.5, 0.6) is 5.75 Å². The first-order chi connectivity index (χ1) is 32.3. The minimum atomic E-state index is -1.35. The second-order valence-corrected chi connectivity index (χ2v) is 17.7. The number of benzene rings is 1. The van der Waals surface area contributed by atoms with Gasteiger partial charge in [-0.15, -0.1) is 0 Å². The molecule has 0 radical (unpaired) electrons. The predicted octanol–water partition coefficient (Wildman–Crippen LogP) is -4.08. The van der Waals surface area contributed by atoms with Gasteiger partial charge in [-0.1, -0.05) is 12.1 Å². The van der Waals surface area contributed by atoms with Crippen molar-refractivity contribution in [3.63, 3.8) is 0 Å². The average Bonchev–Trinajstić information content (AvgIpc) is 4.15. The number of nitrogens with one attached hydrogen (secondary N) is 5. The van der Waals surface area contributed by atoms with Crippen molar-refractivity contribution in [2.75, 3.05) is 32.7 Å². The molecule has 4 aliphatic heterocycles. The number of aliphatic carboxylic acids is 2. The van der Waals surface area contributed by atoms with Gasteiger partial charge in [0.05, 0.1) is 13.1 Å². The lowest BCUT2D eigenvalue weighted by Crippen LogP contribution is -2.89. The minimum Gasteiger partial charge on any atom is -0.508 e. The van der Waals surface area contributed by atoms with Crippen LogP contribution in [-0.2, 0) is 59.2 Å². The smallest absolute Gasteiger partial charge is 0.326 e. The number of hydrogen-bond donors (Lipinski definition) is 10. The summed E-state index contributed by atoms with van der Waals surface area (Å²) in [5, 5.41) is 43.6. The highest BCUT2D eigenvalue weighted by Gasteiger charge is 2.42. The number of hydrogen-bond acceptors (Lipinski definition) is 12. The zero-order valence-electron chi connectivity index (χ0n) is 38.0. The van der Waals surface area contributed by atoms with Crippen molar-refractivity contribution in [2.45, 2.75) is 139 Å². The molecular weight excluding hydrogens is 893 g/mol. The van der Waals surface area contributed by atoms with Gasteiger partial charge in [0.2, 0.25) is 47.3 Å². The highest BCUT2D eigenvalue weighted by atomic mass is 16.4. The average molecular weight is 956 g/mol. The van der Waals surface area contributed by atoms with Gasteiger partial charge in [0.15, 0.2) is 6.04 Å². The fourth-order valence-corrected chi connectivity index (χ4v) is 9.09. The Morgan fingerprint density at radius 2 is 1.22 bits per heavy atom. The maximum absolute atomic E-state index is 13.9. The molecule has 0 spiro atoms. The lowest BCUT2D eigenvalue weighted by atomic mass is 10.0. The maximum atomic E-state index is 13.9. The molecule has 0 aromatic heterocycles. The van der Waals surface area contributed by atoms with Crippen LogP contribution in [0.1, 0.15) is 89.5 Å². The quantitative estimate of drug-likeness (QED) is 0.0529. The first-order valence-corrected chi connectivity index (χ1v) is 23.1. The van der Waals surface area contributed by atoms with Gasteiger partial charge < -0.3 is 67.7 Å². The Morgan fingerprint density at radius 3 is 1.81 bits per heavy atom. The maximum Gasteiger partial charge on any atom is 0.326 e. The van der Waals surface area contributed by atoms with Gasteiger partial charge in [-0.05, 0) is 76.0 Å². The van der Waals surface area contributed by atoms with E-state index in [1.807, 2.05) is 5.32 Å². The molecule has 4 aliphatic rings. The molecule has 5 rings (SSSR count). The molecule has 0 bridgehead atoms. The van der Waals surface area contributed by atoms with Crippen molar-refractivity contribution in [2.24, 2.45) is 5.73 Å². The number of phenolic OH excluding ortho intramolecular Hbond substituents is 1. The molecule has 0 unspecified atom stereocenters. The van der Waals surface area contributed by atoms with Crippen molar-refractivity contribution in [3.05, 3.63) is 29.8 Å². The third kappa shape index (κ3) is 14.1. The molecule has 372 valence electrons. The van der Waals surface area contributed by atoms with Crippen molar-refractivity contribution >= 4 is 65.1 Å². The second-order valence-electron chi connectivity index (χ2n) is 17.7. The normalized spacial score (nSPS) is 21.8. The van der Waals surface area contributed by atoms with E-state index in [1.165, 1.54) is 41.0 Å². The minimum absolute atomic E-state index is 0.0607. The standard InChI is InChI=1S/C44H62N10O14/c1-24(37(60)49-28(14-16-34(45)56)43(66)54-21-5-9-33(54)44(67)68)48-39(62)30(22-25-10-12-26(55)13-11-25)51-41(64)32-8-3-19-52(32)35(57)23-47-40(63)31-7-4-20-53(31)42(65)29(15-17-36(58)59)50-38(61)27-6-2-18-46-27/h10-13,24,27-33,46,55H,2-9,14-23H2,1H3,(H2,45,56)(H,47,63)(H,48,62)(H,49,60)(H,50,61)(H,51,64)(H,58,59)(H,67,68)/p+1/t24-,27-,28-,29-,30-,31-,32-,33-/m0/s1. The molecule has 0 saturated carbocycles. The number of nitrogens with two attached hydrogens (primary N) is 2. The van der Waals surface area contributed by atoms with E-state index in [2.05, 4.69) is 26.6 Å². The summed E-state index contributed by atoms with van der Waals surface area (Å²) < 4.78 is 0. The number of carboxylic acid groups (broad SMARTS) is 2. The zero-order valence-corrected chi connectivity index (χ0v) is 38.0. The van der Waals surface area contributed by atoms with Gasteiger partial charge in [-0.25, -0.2) is 4.79 Å². The molecule has 68 heavy (non-hydrogen) atoms. The highest BCUT2D eigenvalue weighted by molar-refractivity contribution is 5.98. The van der Waals surface area contributed by atoms with Crippen LogP contribution in [0.2, 0.25) is 0 Å². The van der Waals surface area contributed by atoms with Gasteiger partial charge >= 0.3 is 11.9 Å². The number of nitrogens with zero attached hydrogens (tertiary/aromatic N) is 3. The van der Waals surface area contributed by atoms with E-state index in [4.69, 9.17) is 5.73 Å². The number of carboxylic acids is 2. The molecule has 0 aliphatic carbocycles. The second kappa shape index (κ2) is 24.3. The lowest BCUT2D eigenvalue weighted by molar-refractivity contribution is -0.657. The first-order valence-electron chi connectivity index (χ1n) is 23.1. The first kappa shape index (κ1) is 52.1. The van der Waals surface area contributed by atoms with Crippen LogP contribution in [-0.4, -0.2) is 176 Å². The molecule has 4 fully saturated rings. The summed E-state index contributed by atoms with van der Waals surface area (Å²) in [6, 6.07) is -3.03. The number of primary amides is 1. The number of likely N-dealkylation sites (tertiary alicyclic amines) is 3. The van der Waals surface area contributed by atoms with E-state index in [-0.39, 0.29) is 76.2 Å². The van der Waals surface area contributed by atoms with Crippen molar-refractivity contribution in [3.8, 4) is 5.75 Å². The van der Waals surface area contributed by atoms with E-state index in [9.17, 15) is 68.1 Å². The fraction of sp³-hybridized carbons (Fsp3) is 0.614.